The maximum Gasteiger partial charge on any atom is 0.191 e. The lowest BCUT2D eigenvalue weighted by Gasteiger charge is -2.08. The highest BCUT2D eigenvalue weighted by Gasteiger charge is 2.23. The lowest BCUT2D eigenvalue weighted by molar-refractivity contribution is 1.04. The van der Waals surface area contributed by atoms with Crippen molar-refractivity contribution in [2.75, 3.05) is 5.32 Å². The fourth-order valence-corrected chi connectivity index (χ4v) is 3.34. The van der Waals surface area contributed by atoms with E-state index >= 15 is 0 Å². The summed E-state index contributed by atoms with van der Waals surface area (Å²) >= 11 is 8.78. The minimum Gasteiger partial charge on any atom is -0.331 e. The van der Waals surface area contributed by atoms with Gasteiger partial charge in [-0.1, -0.05) is 64.5 Å². The minimum atomic E-state index is 0.455. The molecule has 5 heteroatoms. The topological polar surface area (TPSA) is 36.4 Å². The summed E-state index contributed by atoms with van der Waals surface area (Å²) in [7, 11) is 0. The van der Waals surface area contributed by atoms with Gasteiger partial charge in [0, 0.05) is 21.3 Å². The van der Waals surface area contributed by atoms with Crippen molar-refractivity contribution < 1.29 is 0 Å². The van der Waals surface area contributed by atoms with Crippen LogP contribution < -0.4 is 10.7 Å². The first-order valence-electron chi connectivity index (χ1n) is 7.82. The van der Waals surface area contributed by atoms with Gasteiger partial charge in [-0.2, -0.15) is 5.10 Å². The lowest BCUT2D eigenvalue weighted by Crippen LogP contribution is -2.25. The van der Waals surface area contributed by atoms with Crippen molar-refractivity contribution in [1.82, 2.24) is 5.43 Å². The van der Waals surface area contributed by atoms with Gasteiger partial charge in [-0.15, -0.1) is 0 Å². The van der Waals surface area contributed by atoms with Crippen LogP contribution in [0.25, 0.3) is 11.1 Å². The quantitative estimate of drug-likeness (QED) is 0.355. The molecule has 3 aromatic rings. The molecule has 2 N–H and O–H groups in total. The molecular formula is C20H14BrN3S. The Bertz CT molecular complexity index is 933. The zero-order valence-electron chi connectivity index (χ0n) is 13.2. The van der Waals surface area contributed by atoms with Gasteiger partial charge in [-0.25, -0.2) is 0 Å². The number of anilines is 1. The number of fused-ring (bicyclic) bond motifs is 3. The Hall–Kier alpha value is -2.50. The second-order valence-electron chi connectivity index (χ2n) is 5.62. The van der Waals surface area contributed by atoms with E-state index in [0.717, 1.165) is 27.0 Å². The van der Waals surface area contributed by atoms with E-state index in [1.165, 1.54) is 11.1 Å². The van der Waals surface area contributed by atoms with Crippen molar-refractivity contribution in [3.8, 4) is 11.1 Å². The van der Waals surface area contributed by atoms with Crippen LogP contribution in [0, 0.1) is 0 Å². The second-order valence-corrected chi connectivity index (χ2v) is 6.95. The molecule has 122 valence electrons. The molecule has 4 rings (SSSR count). The highest BCUT2D eigenvalue weighted by molar-refractivity contribution is 9.10. The minimum absolute atomic E-state index is 0.455. The molecule has 0 radical (unpaired) electrons. The predicted molar refractivity (Wildman–Crippen MR) is 111 cm³/mol. The largest absolute Gasteiger partial charge is 0.331 e. The molecule has 3 aromatic carbocycles. The second kappa shape index (κ2) is 6.78. The van der Waals surface area contributed by atoms with Crippen LogP contribution in [0.2, 0.25) is 0 Å². The molecule has 0 saturated carbocycles. The summed E-state index contributed by atoms with van der Waals surface area (Å²) in [5.74, 6) is 0. The summed E-state index contributed by atoms with van der Waals surface area (Å²) in [6, 6.07) is 24.4. The molecule has 0 heterocycles. The number of hydrogen-bond acceptors (Lipinski definition) is 2. The number of thiocarbonyl (C=S) groups is 1. The zero-order valence-corrected chi connectivity index (χ0v) is 15.6. The predicted octanol–water partition coefficient (Wildman–Crippen LogP) is 5.17. The molecule has 1 aliphatic rings. The Kier molecular flexibility index (Phi) is 4.34. The van der Waals surface area contributed by atoms with Gasteiger partial charge >= 0.3 is 0 Å². The molecule has 0 aliphatic heterocycles. The fourth-order valence-electron chi connectivity index (χ4n) is 2.91. The smallest absolute Gasteiger partial charge is 0.191 e. The summed E-state index contributed by atoms with van der Waals surface area (Å²) in [5, 5.41) is 8.16. The van der Waals surface area contributed by atoms with Crippen LogP contribution in [0.3, 0.4) is 0 Å². The Balaban J connectivity index is 1.59. The molecule has 0 fully saturated rings. The van der Waals surface area contributed by atoms with Crippen LogP contribution in [0.1, 0.15) is 11.1 Å². The fraction of sp³-hybridized carbons (Fsp3) is 0. The van der Waals surface area contributed by atoms with E-state index in [0.29, 0.717) is 5.11 Å². The van der Waals surface area contributed by atoms with Gasteiger partial charge in [0.15, 0.2) is 5.11 Å². The third-order valence-corrected chi connectivity index (χ3v) is 4.75. The Morgan fingerprint density at radius 2 is 1.28 bits per heavy atom. The van der Waals surface area contributed by atoms with E-state index in [-0.39, 0.29) is 0 Å². The number of nitrogens with zero attached hydrogens (tertiary/aromatic N) is 1. The molecule has 0 aromatic heterocycles. The van der Waals surface area contributed by atoms with Crippen LogP contribution in [-0.2, 0) is 0 Å². The van der Waals surface area contributed by atoms with E-state index in [2.05, 4.69) is 56.0 Å². The SMILES string of the molecule is S=C(NN=C1c2ccccc2-c2ccccc21)Nc1ccc(Br)cc1. The van der Waals surface area contributed by atoms with Gasteiger partial charge in [0.1, 0.15) is 0 Å². The summed E-state index contributed by atoms with van der Waals surface area (Å²) in [4.78, 5) is 0. The van der Waals surface area contributed by atoms with Crippen molar-refractivity contribution in [3.05, 3.63) is 88.4 Å². The molecular weight excluding hydrogens is 394 g/mol. The zero-order chi connectivity index (χ0) is 17.2. The van der Waals surface area contributed by atoms with Gasteiger partial charge in [-0.3, -0.25) is 5.43 Å². The van der Waals surface area contributed by atoms with E-state index < -0.39 is 0 Å². The average Bonchev–Trinajstić information content (AvgIpc) is 2.96. The van der Waals surface area contributed by atoms with Crippen molar-refractivity contribution in [2.45, 2.75) is 0 Å². The molecule has 0 atom stereocenters. The maximum absolute atomic E-state index is 5.36. The first kappa shape index (κ1) is 16.0. The Morgan fingerprint density at radius 1 is 0.760 bits per heavy atom. The van der Waals surface area contributed by atoms with Gasteiger partial charge in [0.05, 0.1) is 5.71 Å². The Labute approximate surface area is 159 Å². The number of benzene rings is 3. The van der Waals surface area contributed by atoms with Gasteiger partial charge in [-0.05, 0) is 47.6 Å². The Morgan fingerprint density at radius 3 is 1.84 bits per heavy atom. The van der Waals surface area contributed by atoms with E-state index in [9.17, 15) is 0 Å². The molecule has 0 saturated heterocycles. The summed E-state index contributed by atoms with van der Waals surface area (Å²) in [6.07, 6.45) is 0. The molecule has 0 bridgehead atoms. The lowest BCUT2D eigenvalue weighted by atomic mass is 10.1. The molecule has 0 spiro atoms. The monoisotopic (exact) mass is 407 g/mol. The molecule has 0 unspecified atom stereocenters. The van der Waals surface area contributed by atoms with Crippen LogP contribution in [0.15, 0.2) is 82.4 Å². The first-order valence-corrected chi connectivity index (χ1v) is 9.02. The highest BCUT2D eigenvalue weighted by atomic mass is 79.9. The normalized spacial score (nSPS) is 11.5. The maximum atomic E-state index is 5.36. The third kappa shape index (κ3) is 3.21. The van der Waals surface area contributed by atoms with Gasteiger partial charge in [0.2, 0.25) is 0 Å². The first-order chi connectivity index (χ1) is 12.2. The van der Waals surface area contributed by atoms with E-state index in [1.807, 2.05) is 48.5 Å². The van der Waals surface area contributed by atoms with Gasteiger partial charge in [0.25, 0.3) is 0 Å². The molecule has 0 amide bonds. The number of rotatable bonds is 2. The van der Waals surface area contributed by atoms with Crippen LogP contribution >= 0.6 is 28.1 Å². The molecule has 25 heavy (non-hydrogen) atoms. The van der Waals surface area contributed by atoms with Crippen LogP contribution in [0.4, 0.5) is 5.69 Å². The van der Waals surface area contributed by atoms with E-state index in [1.54, 1.807) is 0 Å². The standard InChI is InChI=1S/C20H14BrN3S/c21-13-9-11-14(12-10-13)22-20(25)24-23-19-17-7-3-1-5-15(17)16-6-2-4-8-18(16)19/h1-12H,(H2,22,24,25). The third-order valence-electron chi connectivity index (χ3n) is 4.03. The van der Waals surface area contributed by atoms with Crippen molar-refractivity contribution in [3.63, 3.8) is 0 Å². The van der Waals surface area contributed by atoms with Crippen molar-refractivity contribution in [1.29, 1.82) is 0 Å². The number of halogens is 1. The molecule has 1 aliphatic carbocycles. The van der Waals surface area contributed by atoms with E-state index in [4.69, 9.17) is 12.2 Å². The van der Waals surface area contributed by atoms with Crippen molar-refractivity contribution in [2.24, 2.45) is 5.10 Å². The van der Waals surface area contributed by atoms with Crippen LogP contribution in [-0.4, -0.2) is 10.8 Å². The van der Waals surface area contributed by atoms with Crippen LogP contribution in [0.5, 0.6) is 0 Å². The number of hydrazone groups is 1. The summed E-state index contributed by atoms with van der Waals surface area (Å²) in [5.41, 5.74) is 9.41. The highest BCUT2D eigenvalue weighted by Crippen LogP contribution is 2.36. The number of hydrogen-bond donors (Lipinski definition) is 2. The summed E-state index contributed by atoms with van der Waals surface area (Å²) in [6.45, 7) is 0. The summed E-state index contributed by atoms with van der Waals surface area (Å²) < 4.78 is 1.02. The number of nitrogens with one attached hydrogen (secondary N) is 2. The molecule has 3 nitrogen and oxygen atoms in total. The average molecular weight is 408 g/mol. The van der Waals surface area contributed by atoms with Crippen molar-refractivity contribution >= 4 is 44.7 Å². The van der Waals surface area contributed by atoms with Gasteiger partial charge < -0.3 is 5.32 Å².